The van der Waals surface area contributed by atoms with Crippen molar-refractivity contribution in [1.82, 2.24) is 20.0 Å². The second kappa shape index (κ2) is 3.44. The topological polar surface area (TPSA) is 85.7 Å². The largest absolute Gasteiger partial charge is 0.360 e. The number of rotatable bonds is 1. The maximum absolute atomic E-state index is 5.69. The first kappa shape index (κ1) is 10.9. The first-order valence-electron chi connectivity index (χ1n) is 4.79. The number of nitrogens with one attached hydrogen (secondary N) is 1. The SMILES string of the molecule is CC(C)(C)c1cc(-c2n[nH]c(=S)n2N)no1. The lowest BCUT2D eigenvalue weighted by atomic mass is 9.93. The normalized spacial score (nSPS) is 11.9. The van der Waals surface area contributed by atoms with E-state index in [1.165, 1.54) is 4.68 Å². The molecule has 0 unspecified atom stereocenters. The van der Waals surface area contributed by atoms with Crippen molar-refractivity contribution in [3.8, 4) is 11.5 Å². The lowest BCUT2D eigenvalue weighted by molar-refractivity contribution is 0.330. The molecule has 3 N–H and O–H groups in total. The summed E-state index contributed by atoms with van der Waals surface area (Å²) in [5.41, 5.74) is 0.470. The molecule has 6 nitrogen and oxygen atoms in total. The highest BCUT2D eigenvalue weighted by Crippen LogP contribution is 2.25. The zero-order chi connectivity index (χ0) is 11.9. The van der Waals surface area contributed by atoms with Gasteiger partial charge in [-0.15, -0.1) is 0 Å². The predicted molar refractivity (Wildman–Crippen MR) is 61.8 cm³/mol. The van der Waals surface area contributed by atoms with Crippen molar-refractivity contribution in [1.29, 1.82) is 0 Å². The average Bonchev–Trinajstić information content (AvgIpc) is 2.74. The molecule has 0 spiro atoms. The lowest BCUT2D eigenvalue weighted by Gasteiger charge is -2.12. The summed E-state index contributed by atoms with van der Waals surface area (Å²) >= 11 is 4.92. The molecule has 2 rings (SSSR count). The molecule has 0 radical (unpaired) electrons. The van der Waals surface area contributed by atoms with E-state index in [2.05, 4.69) is 15.4 Å². The molecule has 2 aromatic rings. The third-order valence-electron chi connectivity index (χ3n) is 2.18. The van der Waals surface area contributed by atoms with E-state index in [4.69, 9.17) is 22.6 Å². The Balaban J connectivity index is 2.47. The van der Waals surface area contributed by atoms with Gasteiger partial charge in [0.05, 0.1) is 0 Å². The minimum atomic E-state index is -0.0994. The van der Waals surface area contributed by atoms with Crippen molar-refractivity contribution < 1.29 is 4.52 Å². The average molecular weight is 239 g/mol. The molecule has 0 aliphatic heterocycles. The Bertz CT molecular complexity index is 559. The molecule has 0 atom stereocenters. The summed E-state index contributed by atoms with van der Waals surface area (Å²) in [5.74, 6) is 6.93. The molecule has 86 valence electrons. The van der Waals surface area contributed by atoms with Crippen molar-refractivity contribution in [2.45, 2.75) is 26.2 Å². The smallest absolute Gasteiger partial charge is 0.214 e. The standard InChI is InChI=1S/C9H13N5OS/c1-9(2,3)6-4-5(13-15-6)7-11-12-8(16)14(7)10/h4H,10H2,1-3H3,(H,12,16). The van der Waals surface area contributed by atoms with Gasteiger partial charge in [-0.1, -0.05) is 25.9 Å². The predicted octanol–water partition coefficient (Wildman–Crippen LogP) is 1.61. The summed E-state index contributed by atoms with van der Waals surface area (Å²) in [6, 6.07) is 1.81. The van der Waals surface area contributed by atoms with E-state index < -0.39 is 0 Å². The van der Waals surface area contributed by atoms with Crippen LogP contribution in [-0.2, 0) is 5.41 Å². The third-order valence-corrected chi connectivity index (χ3v) is 2.47. The van der Waals surface area contributed by atoms with Crippen LogP contribution in [0.3, 0.4) is 0 Å². The molecule has 2 heterocycles. The Hall–Kier alpha value is -1.63. The van der Waals surface area contributed by atoms with Crippen molar-refractivity contribution in [3.05, 3.63) is 16.6 Å². The number of hydrogen-bond donors (Lipinski definition) is 2. The number of H-pyrrole nitrogens is 1. The van der Waals surface area contributed by atoms with E-state index in [0.29, 0.717) is 16.3 Å². The van der Waals surface area contributed by atoms with Gasteiger partial charge in [-0.3, -0.25) is 0 Å². The molecule has 0 fully saturated rings. The molecule has 0 aliphatic carbocycles. The molecule has 0 saturated heterocycles. The summed E-state index contributed by atoms with van der Waals surface area (Å²) in [6.07, 6.45) is 0. The highest BCUT2D eigenvalue weighted by molar-refractivity contribution is 7.71. The Kier molecular flexibility index (Phi) is 2.34. The Morgan fingerprint density at radius 3 is 2.62 bits per heavy atom. The summed E-state index contributed by atoms with van der Waals surface area (Å²) in [6.45, 7) is 6.12. The van der Waals surface area contributed by atoms with E-state index >= 15 is 0 Å². The van der Waals surface area contributed by atoms with Crippen LogP contribution in [0.15, 0.2) is 10.6 Å². The molecular formula is C9H13N5OS. The number of aromatic nitrogens is 4. The lowest BCUT2D eigenvalue weighted by Crippen LogP contribution is -2.10. The van der Waals surface area contributed by atoms with Crippen LogP contribution in [0.1, 0.15) is 26.5 Å². The molecular weight excluding hydrogens is 226 g/mol. The summed E-state index contributed by atoms with van der Waals surface area (Å²) < 4.78 is 6.85. The van der Waals surface area contributed by atoms with Crippen LogP contribution in [0.5, 0.6) is 0 Å². The first-order chi connectivity index (χ1) is 7.39. The van der Waals surface area contributed by atoms with Crippen molar-refractivity contribution in [2.75, 3.05) is 5.84 Å². The Morgan fingerprint density at radius 1 is 1.50 bits per heavy atom. The number of aromatic amines is 1. The van der Waals surface area contributed by atoms with Gasteiger partial charge < -0.3 is 10.4 Å². The maximum atomic E-state index is 5.69. The number of nitrogen functional groups attached to an aromatic ring is 1. The van der Waals surface area contributed by atoms with Crippen molar-refractivity contribution in [2.24, 2.45) is 0 Å². The Morgan fingerprint density at radius 2 is 2.19 bits per heavy atom. The van der Waals surface area contributed by atoms with E-state index in [-0.39, 0.29) is 5.41 Å². The van der Waals surface area contributed by atoms with Gasteiger partial charge >= 0.3 is 0 Å². The fourth-order valence-electron chi connectivity index (χ4n) is 1.22. The van der Waals surface area contributed by atoms with Gasteiger partial charge in [-0.25, -0.2) is 9.77 Å². The van der Waals surface area contributed by atoms with Gasteiger partial charge in [0.2, 0.25) is 10.6 Å². The molecule has 0 aliphatic rings. The van der Waals surface area contributed by atoms with Crippen LogP contribution in [-0.4, -0.2) is 20.0 Å². The van der Waals surface area contributed by atoms with E-state index in [1.54, 1.807) is 0 Å². The zero-order valence-electron chi connectivity index (χ0n) is 9.31. The fraction of sp³-hybridized carbons (Fsp3) is 0.444. The van der Waals surface area contributed by atoms with E-state index in [0.717, 1.165) is 5.76 Å². The molecule has 2 aromatic heterocycles. The minimum absolute atomic E-state index is 0.0994. The monoisotopic (exact) mass is 239 g/mol. The minimum Gasteiger partial charge on any atom is -0.360 e. The van der Waals surface area contributed by atoms with Gasteiger partial charge in [0.25, 0.3) is 0 Å². The highest BCUT2D eigenvalue weighted by atomic mass is 32.1. The van der Waals surface area contributed by atoms with E-state index in [9.17, 15) is 0 Å². The summed E-state index contributed by atoms with van der Waals surface area (Å²) in [7, 11) is 0. The van der Waals surface area contributed by atoms with Gasteiger partial charge in [-0.2, -0.15) is 5.10 Å². The van der Waals surface area contributed by atoms with Crippen LogP contribution < -0.4 is 5.84 Å². The van der Waals surface area contributed by atoms with E-state index in [1.807, 2.05) is 26.8 Å². The second-order valence-corrected chi connectivity index (χ2v) is 4.94. The second-order valence-electron chi connectivity index (χ2n) is 4.55. The fourth-order valence-corrected chi connectivity index (χ4v) is 1.35. The molecule has 7 heteroatoms. The van der Waals surface area contributed by atoms with Gasteiger partial charge in [0, 0.05) is 11.5 Å². The van der Waals surface area contributed by atoms with Crippen LogP contribution in [0.25, 0.3) is 11.5 Å². The van der Waals surface area contributed by atoms with Crippen LogP contribution in [0.4, 0.5) is 0 Å². The van der Waals surface area contributed by atoms with Gasteiger partial charge in [0.1, 0.15) is 5.76 Å². The third kappa shape index (κ3) is 1.73. The molecule has 0 aromatic carbocycles. The number of hydrogen-bond acceptors (Lipinski definition) is 5. The summed E-state index contributed by atoms with van der Waals surface area (Å²) in [5, 5.41) is 10.5. The highest BCUT2D eigenvalue weighted by Gasteiger charge is 2.21. The molecule has 0 amide bonds. The first-order valence-corrected chi connectivity index (χ1v) is 5.20. The number of nitrogens with two attached hydrogens (primary N) is 1. The molecule has 0 bridgehead atoms. The van der Waals surface area contributed by atoms with Gasteiger partial charge in [0.15, 0.2) is 5.69 Å². The van der Waals surface area contributed by atoms with Gasteiger partial charge in [-0.05, 0) is 12.2 Å². The van der Waals surface area contributed by atoms with Crippen LogP contribution >= 0.6 is 12.2 Å². The van der Waals surface area contributed by atoms with Crippen molar-refractivity contribution in [3.63, 3.8) is 0 Å². The zero-order valence-corrected chi connectivity index (χ0v) is 10.1. The number of nitrogens with zero attached hydrogens (tertiary/aromatic N) is 3. The van der Waals surface area contributed by atoms with Crippen molar-refractivity contribution >= 4 is 12.2 Å². The quantitative estimate of drug-likeness (QED) is 0.583. The maximum Gasteiger partial charge on any atom is 0.214 e. The van der Waals surface area contributed by atoms with Crippen LogP contribution in [0.2, 0.25) is 0 Å². The molecule has 16 heavy (non-hydrogen) atoms. The molecule has 0 saturated carbocycles. The van der Waals surface area contributed by atoms with Crippen LogP contribution in [0, 0.1) is 4.77 Å². The summed E-state index contributed by atoms with van der Waals surface area (Å²) in [4.78, 5) is 0. The Labute approximate surface area is 97.4 Å².